The second-order valence-corrected chi connectivity index (χ2v) is 5.40. The minimum absolute atomic E-state index is 0.0588. The van der Waals surface area contributed by atoms with Crippen LogP contribution in [0.4, 0.5) is 0 Å². The number of rotatable bonds is 4. The number of nitrogens with zero attached hydrogens (tertiary/aromatic N) is 5. The zero-order valence-electron chi connectivity index (χ0n) is 12.8. The predicted octanol–water partition coefficient (Wildman–Crippen LogP) is 0.0216. The Hall–Kier alpha value is -2.77. The van der Waals surface area contributed by atoms with Crippen molar-refractivity contribution < 1.29 is 9.53 Å². The van der Waals surface area contributed by atoms with Crippen molar-refractivity contribution >= 4 is 5.91 Å². The van der Waals surface area contributed by atoms with E-state index in [1.165, 1.54) is 12.3 Å². The average molecular weight is 315 g/mol. The van der Waals surface area contributed by atoms with E-state index in [9.17, 15) is 9.59 Å². The van der Waals surface area contributed by atoms with Crippen LogP contribution in [-0.4, -0.2) is 50.0 Å². The van der Waals surface area contributed by atoms with Crippen LogP contribution >= 0.6 is 0 Å². The third-order valence-corrected chi connectivity index (χ3v) is 3.63. The van der Waals surface area contributed by atoms with Gasteiger partial charge in [-0.1, -0.05) is 0 Å². The van der Waals surface area contributed by atoms with Crippen molar-refractivity contribution in [3.8, 4) is 5.88 Å². The molecule has 1 aliphatic heterocycles. The van der Waals surface area contributed by atoms with Gasteiger partial charge >= 0.3 is 0 Å². The maximum Gasteiger partial charge on any atom is 0.267 e. The zero-order chi connectivity index (χ0) is 16.2. The summed E-state index contributed by atoms with van der Waals surface area (Å²) in [6, 6.07) is 6.52. The molecule has 1 amide bonds. The molecule has 120 valence electrons. The fourth-order valence-electron chi connectivity index (χ4n) is 2.41. The quantitative estimate of drug-likeness (QED) is 0.790. The summed E-state index contributed by atoms with van der Waals surface area (Å²) in [7, 11) is 0. The van der Waals surface area contributed by atoms with Crippen LogP contribution < -0.4 is 10.3 Å². The SMILES string of the molecule is Cc1ccc(O[C@H]2CCN(C(=O)Cn3ncccc3=O)C2)nn1. The van der Waals surface area contributed by atoms with Crippen molar-refractivity contribution in [2.75, 3.05) is 13.1 Å². The number of amides is 1. The van der Waals surface area contributed by atoms with Gasteiger partial charge in [-0.15, -0.1) is 5.10 Å². The third kappa shape index (κ3) is 3.71. The highest BCUT2D eigenvalue weighted by molar-refractivity contribution is 5.76. The Kier molecular flexibility index (Phi) is 4.31. The highest BCUT2D eigenvalue weighted by Crippen LogP contribution is 2.16. The second kappa shape index (κ2) is 6.55. The first-order valence-corrected chi connectivity index (χ1v) is 7.39. The van der Waals surface area contributed by atoms with E-state index in [-0.39, 0.29) is 24.1 Å². The van der Waals surface area contributed by atoms with E-state index in [0.717, 1.165) is 16.8 Å². The number of aromatic nitrogens is 4. The largest absolute Gasteiger partial charge is 0.471 e. The third-order valence-electron chi connectivity index (χ3n) is 3.63. The van der Waals surface area contributed by atoms with E-state index in [1.54, 1.807) is 17.0 Å². The van der Waals surface area contributed by atoms with Gasteiger partial charge in [-0.2, -0.15) is 10.2 Å². The standard InChI is InChI=1S/C15H17N5O3/c1-11-4-5-13(18-17-11)23-12-6-8-19(9-12)15(22)10-20-14(21)3-2-7-16-20/h2-5,7,12H,6,8-10H2,1H3/t12-/m0/s1. The second-order valence-electron chi connectivity index (χ2n) is 5.40. The zero-order valence-corrected chi connectivity index (χ0v) is 12.8. The average Bonchev–Trinajstić information content (AvgIpc) is 3.00. The molecule has 0 saturated carbocycles. The molecule has 2 aromatic heterocycles. The van der Waals surface area contributed by atoms with Crippen molar-refractivity contribution in [3.05, 3.63) is 46.5 Å². The van der Waals surface area contributed by atoms with Crippen molar-refractivity contribution in [1.82, 2.24) is 24.9 Å². The van der Waals surface area contributed by atoms with Gasteiger partial charge in [-0.05, 0) is 19.1 Å². The van der Waals surface area contributed by atoms with Gasteiger partial charge in [0.05, 0.1) is 12.2 Å². The summed E-state index contributed by atoms with van der Waals surface area (Å²) in [6.07, 6.45) is 2.09. The summed E-state index contributed by atoms with van der Waals surface area (Å²) < 4.78 is 6.89. The van der Waals surface area contributed by atoms with Crippen molar-refractivity contribution in [2.45, 2.75) is 26.0 Å². The van der Waals surface area contributed by atoms with Crippen molar-refractivity contribution in [2.24, 2.45) is 0 Å². The molecule has 0 spiro atoms. The maximum absolute atomic E-state index is 12.3. The smallest absolute Gasteiger partial charge is 0.267 e. The first kappa shape index (κ1) is 15.1. The van der Waals surface area contributed by atoms with Crippen LogP contribution in [0.1, 0.15) is 12.1 Å². The van der Waals surface area contributed by atoms with Gasteiger partial charge in [-0.3, -0.25) is 9.59 Å². The molecule has 3 rings (SSSR count). The van der Waals surface area contributed by atoms with Gasteiger partial charge in [0.2, 0.25) is 11.8 Å². The van der Waals surface area contributed by atoms with E-state index in [4.69, 9.17) is 4.74 Å². The van der Waals surface area contributed by atoms with Gasteiger partial charge < -0.3 is 9.64 Å². The van der Waals surface area contributed by atoms with Crippen LogP contribution in [0.2, 0.25) is 0 Å². The molecule has 1 fully saturated rings. The fourth-order valence-corrected chi connectivity index (χ4v) is 2.41. The van der Waals surface area contributed by atoms with Crippen LogP contribution in [0.5, 0.6) is 5.88 Å². The number of ether oxygens (including phenoxy) is 1. The Morgan fingerprint density at radius 3 is 2.96 bits per heavy atom. The first-order chi connectivity index (χ1) is 11.1. The molecule has 2 aromatic rings. The number of aryl methyl sites for hydroxylation is 1. The monoisotopic (exact) mass is 315 g/mol. The van der Waals surface area contributed by atoms with Crippen LogP contribution in [0.25, 0.3) is 0 Å². The molecule has 0 aliphatic carbocycles. The number of hydrogen-bond donors (Lipinski definition) is 0. The van der Waals surface area contributed by atoms with E-state index in [1.807, 2.05) is 13.0 Å². The van der Waals surface area contributed by atoms with E-state index < -0.39 is 0 Å². The van der Waals surface area contributed by atoms with Gasteiger partial charge in [0, 0.05) is 31.3 Å². The number of hydrogen-bond acceptors (Lipinski definition) is 6. The molecule has 0 bridgehead atoms. The lowest BCUT2D eigenvalue weighted by atomic mass is 10.3. The fraction of sp³-hybridized carbons (Fsp3) is 0.400. The molecule has 0 radical (unpaired) electrons. The van der Waals surface area contributed by atoms with E-state index in [0.29, 0.717) is 19.0 Å². The highest BCUT2D eigenvalue weighted by Gasteiger charge is 2.28. The number of carbonyl (C=O) groups excluding carboxylic acids is 1. The van der Waals surface area contributed by atoms with Crippen LogP contribution in [-0.2, 0) is 11.3 Å². The summed E-state index contributed by atoms with van der Waals surface area (Å²) in [5, 5.41) is 11.8. The molecular formula is C15H17N5O3. The number of likely N-dealkylation sites (tertiary alicyclic amines) is 1. The van der Waals surface area contributed by atoms with E-state index >= 15 is 0 Å². The minimum Gasteiger partial charge on any atom is -0.471 e. The first-order valence-electron chi connectivity index (χ1n) is 7.39. The molecule has 3 heterocycles. The Morgan fingerprint density at radius 1 is 1.35 bits per heavy atom. The summed E-state index contributed by atoms with van der Waals surface area (Å²) >= 11 is 0. The maximum atomic E-state index is 12.3. The minimum atomic E-state index is -0.289. The Labute approximate surface area is 132 Å². The lowest BCUT2D eigenvalue weighted by Gasteiger charge is -2.17. The molecule has 1 atom stereocenters. The van der Waals surface area contributed by atoms with Crippen LogP contribution in [0.15, 0.2) is 35.3 Å². The highest BCUT2D eigenvalue weighted by atomic mass is 16.5. The topological polar surface area (TPSA) is 90.2 Å². The molecule has 23 heavy (non-hydrogen) atoms. The number of carbonyl (C=O) groups is 1. The summed E-state index contributed by atoms with van der Waals surface area (Å²) in [5.74, 6) is 0.308. The molecule has 1 saturated heterocycles. The molecule has 8 heteroatoms. The lowest BCUT2D eigenvalue weighted by Crippen LogP contribution is -2.36. The summed E-state index contributed by atoms with van der Waals surface area (Å²) in [6.45, 7) is 2.85. The van der Waals surface area contributed by atoms with Crippen LogP contribution in [0.3, 0.4) is 0 Å². The van der Waals surface area contributed by atoms with Gasteiger partial charge in [0.25, 0.3) is 5.56 Å². The predicted molar refractivity (Wildman–Crippen MR) is 80.9 cm³/mol. The molecule has 0 N–H and O–H groups in total. The molecular weight excluding hydrogens is 298 g/mol. The molecule has 8 nitrogen and oxygen atoms in total. The van der Waals surface area contributed by atoms with Gasteiger partial charge in [0.15, 0.2) is 0 Å². The normalized spacial score (nSPS) is 17.3. The lowest BCUT2D eigenvalue weighted by molar-refractivity contribution is -0.131. The van der Waals surface area contributed by atoms with Crippen LogP contribution in [0, 0.1) is 6.92 Å². The van der Waals surface area contributed by atoms with Crippen molar-refractivity contribution in [1.29, 1.82) is 0 Å². The van der Waals surface area contributed by atoms with Gasteiger partial charge in [-0.25, -0.2) is 4.68 Å². The van der Waals surface area contributed by atoms with Gasteiger partial charge in [0.1, 0.15) is 12.6 Å². The van der Waals surface area contributed by atoms with Crippen molar-refractivity contribution in [3.63, 3.8) is 0 Å². The van der Waals surface area contributed by atoms with E-state index in [2.05, 4.69) is 15.3 Å². The Morgan fingerprint density at radius 2 is 2.22 bits per heavy atom. The summed E-state index contributed by atoms with van der Waals surface area (Å²) in [4.78, 5) is 25.5. The molecule has 0 unspecified atom stereocenters. The Bertz CT molecular complexity index is 743. The molecule has 0 aromatic carbocycles. The molecule has 1 aliphatic rings. The Balaban J connectivity index is 1.57. The summed E-state index contributed by atoms with van der Waals surface area (Å²) in [5.41, 5.74) is 0.532.